The van der Waals surface area contributed by atoms with Crippen LogP contribution in [0.5, 0.6) is 23.0 Å². The summed E-state index contributed by atoms with van der Waals surface area (Å²) < 4.78 is 34.1. The van der Waals surface area contributed by atoms with Crippen molar-refractivity contribution >= 4 is 0 Å². The first-order valence-corrected chi connectivity index (χ1v) is 9.13. The quantitative estimate of drug-likeness (QED) is 0.821. The molecule has 2 fully saturated rings. The SMILES string of the molecule is COc1ccc([C@H]2OC[C@H]3[C@H]2CO[C@@H]3c2ccc3c(c2)OCO3)cc1OC. The van der Waals surface area contributed by atoms with Crippen LogP contribution in [-0.2, 0) is 9.47 Å². The highest BCUT2D eigenvalue weighted by atomic mass is 16.7. The van der Waals surface area contributed by atoms with Gasteiger partial charge in [-0.1, -0.05) is 12.1 Å². The Morgan fingerprint density at radius 1 is 0.741 bits per heavy atom. The Morgan fingerprint density at radius 3 is 2.07 bits per heavy atom. The molecule has 0 aliphatic carbocycles. The topological polar surface area (TPSA) is 55.4 Å². The van der Waals surface area contributed by atoms with Crippen LogP contribution in [0.25, 0.3) is 0 Å². The molecular weight excluding hydrogens is 348 g/mol. The minimum atomic E-state index is -0.00573. The summed E-state index contributed by atoms with van der Waals surface area (Å²) in [7, 11) is 3.29. The van der Waals surface area contributed by atoms with Gasteiger partial charge in [0.15, 0.2) is 23.0 Å². The molecule has 5 rings (SSSR count). The standard InChI is InChI=1S/C21H22O6/c1-22-16-5-3-12(7-18(16)23-2)20-14-9-25-21(15(14)10-24-20)13-4-6-17-19(8-13)27-11-26-17/h3-8,14-15,20-21H,9-11H2,1-2H3/t14-,15+,20-,21-/m1/s1. The Bertz CT molecular complexity index is 851. The third-order valence-corrected chi connectivity index (χ3v) is 5.73. The van der Waals surface area contributed by atoms with Gasteiger partial charge in [-0.2, -0.15) is 0 Å². The summed E-state index contributed by atoms with van der Waals surface area (Å²) in [6.07, 6.45) is 0.00320. The van der Waals surface area contributed by atoms with Crippen molar-refractivity contribution in [3.05, 3.63) is 47.5 Å². The Labute approximate surface area is 157 Å². The molecule has 3 aliphatic rings. The van der Waals surface area contributed by atoms with E-state index in [9.17, 15) is 0 Å². The summed E-state index contributed by atoms with van der Waals surface area (Å²) in [5.41, 5.74) is 2.21. The molecule has 6 nitrogen and oxygen atoms in total. The number of rotatable bonds is 4. The van der Waals surface area contributed by atoms with Gasteiger partial charge in [0.05, 0.1) is 39.6 Å². The molecule has 0 unspecified atom stereocenters. The van der Waals surface area contributed by atoms with Gasteiger partial charge in [-0.15, -0.1) is 0 Å². The summed E-state index contributed by atoms with van der Waals surface area (Å²) in [6.45, 7) is 1.62. The van der Waals surface area contributed by atoms with Crippen LogP contribution in [0.4, 0.5) is 0 Å². The largest absolute Gasteiger partial charge is 0.493 e. The molecule has 0 bridgehead atoms. The van der Waals surface area contributed by atoms with Crippen molar-refractivity contribution in [3.63, 3.8) is 0 Å². The van der Waals surface area contributed by atoms with Crippen LogP contribution in [0.1, 0.15) is 23.3 Å². The number of fused-ring (bicyclic) bond motifs is 2. The molecule has 3 aliphatic heterocycles. The van der Waals surface area contributed by atoms with Gasteiger partial charge in [0, 0.05) is 11.8 Å². The van der Waals surface area contributed by atoms with Crippen LogP contribution in [0.3, 0.4) is 0 Å². The molecule has 27 heavy (non-hydrogen) atoms. The van der Waals surface area contributed by atoms with E-state index in [0.29, 0.717) is 30.8 Å². The van der Waals surface area contributed by atoms with Crippen molar-refractivity contribution in [2.24, 2.45) is 11.8 Å². The predicted molar refractivity (Wildman–Crippen MR) is 96.5 cm³/mol. The third-order valence-electron chi connectivity index (χ3n) is 5.73. The van der Waals surface area contributed by atoms with Gasteiger partial charge in [-0.05, 0) is 35.4 Å². The van der Waals surface area contributed by atoms with Crippen molar-refractivity contribution in [2.45, 2.75) is 12.2 Å². The smallest absolute Gasteiger partial charge is 0.231 e. The second kappa shape index (κ2) is 6.62. The monoisotopic (exact) mass is 370 g/mol. The van der Waals surface area contributed by atoms with Gasteiger partial charge in [-0.3, -0.25) is 0 Å². The van der Waals surface area contributed by atoms with Crippen molar-refractivity contribution in [3.8, 4) is 23.0 Å². The minimum Gasteiger partial charge on any atom is -0.493 e. The molecule has 4 atom stereocenters. The van der Waals surface area contributed by atoms with E-state index >= 15 is 0 Å². The Kier molecular flexibility index (Phi) is 4.10. The molecule has 0 N–H and O–H groups in total. The molecule has 6 heteroatoms. The second-order valence-corrected chi connectivity index (χ2v) is 7.06. The van der Waals surface area contributed by atoms with Crippen molar-refractivity contribution < 1.29 is 28.4 Å². The highest BCUT2D eigenvalue weighted by molar-refractivity contribution is 5.46. The number of methoxy groups -OCH3 is 2. The number of hydrogen-bond donors (Lipinski definition) is 0. The first-order chi connectivity index (χ1) is 13.3. The van der Waals surface area contributed by atoms with E-state index in [1.165, 1.54) is 0 Å². The lowest BCUT2D eigenvalue weighted by Gasteiger charge is -2.18. The predicted octanol–water partition coefficient (Wildman–Crippen LogP) is 3.51. The van der Waals surface area contributed by atoms with E-state index in [1.807, 2.05) is 30.3 Å². The van der Waals surface area contributed by atoms with Crippen molar-refractivity contribution in [2.75, 3.05) is 34.2 Å². The summed E-state index contributed by atoms with van der Waals surface area (Å²) in [5, 5.41) is 0. The maximum atomic E-state index is 6.19. The molecule has 2 aromatic rings. The van der Waals surface area contributed by atoms with Crippen LogP contribution in [-0.4, -0.2) is 34.2 Å². The van der Waals surface area contributed by atoms with E-state index in [4.69, 9.17) is 28.4 Å². The average Bonchev–Trinajstić information content (AvgIpc) is 3.42. The summed E-state index contributed by atoms with van der Waals surface area (Å²) in [6, 6.07) is 12.0. The first kappa shape index (κ1) is 16.7. The van der Waals surface area contributed by atoms with Crippen LogP contribution in [0.2, 0.25) is 0 Å². The molecule has 0 radical (unpaired) electrons. The number of hydrogen-bond acceptors (Lipinski definition) is 6. The zero-order valence-corrected chi connectivity index (χ0v) is 15.3. The maximum Gasteiger partial charge on any atom is 0.231 e. The van der Waals surface area contributed by atoms with Gasteiger partial charge in [0.1, 0.15) is 0 Å². The first-order valence-electron chi connectivity index (χ1n) is 9.13. The van der Waals surface area contributed by atoms with Crippen LogP contribution in [0.15, 0.2) is 36.4 Å². The molecule has 0 aromatic heterocycles. The van der Waals surface area contributed by atoms with Crippen LogP contribution in [0, 0.1) is 11.8 Å². The van der Waals surface area contributed by atoms with E-state index in [1.54, 1.807) is 14.2 Å². The van der Waals surface area contributed by atoms with Crippen LogP contribution >= 0.6 is 0 Å². The second-order valence-electron chi connectivity index (χ2n) is 7.06. The lowest BCUT2D eigenvalue weighted by Crippen LogP contribution is -2.14. The maximum absolute atomic E-state index is 6.19. The van der Waals surface area contributed by atoms with Crippen LogP contribution < -0.4 is 18.9 Å². The normalized spacial score (nSPS) is 28.2. The van der Waals surface area contributed by atoms with Gasteiger partial charge in [0.2, 0.25) is 6.79 Å². The van der Waals surface area contributed by atoms with E-state index in [-0.39, 0.29) is 19.0 Å². The molecule has 2 saturated heterocycles. The third kappa shape index (κ3) is 2.71. The number of ether oxygens (including phenoxy) is 6. The number of benzene rings is 2. The fraction of sp³-hybridized carbons (Fsp3) is 0.429. The Balaban J connectivity index is 1.39. The molecule has 0 spiro atoms. The van der Waals surface area contributed by atoms with E-state index in [0.717, 1.165) is 28.4 Å². The lowest BCUT2D eigenvalue weighted by molar-refractivity contribution is 0.0191. The average molecular weight is 370 g/mol. The Morgan fingerprint density at radius 2 is 1.37 bits per heavy atom. The highest BCUT2D eigenvalue weighted by Crippen LogP contribution is 2.51. The summed E-state index contributed by atoms with van der Waals surface area (Å²) in [5.74, 6) is 3.63. The highest BCUT2D eigenvalue weighted by Gasteiger charge is 2.48. The molecule has 0 amide bonds. The molecule has 3 heterocycles. The minimum absolute atomic E-state index is 0.00573. The van der Waals surface area contributed by atoms with E-state index in [2.05, 4.69) is 6.07 Å². The Hall–Kier alpha value is -2.44. The molecule has 142 valence electrons. The zero-order chi connectivity index (χ0) is 18.4. The molecular formula is C21H22O6. The van der Waals surface area contributed by atoms with Gasteiger partial charge in [0.25, 0.3) is 0 Å². The van der Waals surface area contributed by atoms with Gasteiger partial charge < -0.3 is 28.4 Å². The van der Waals surface area contributed by atoms with Crippen molar-refractivity contribution in [1.82, 2.24) is 0 Å². The van der Waals surface area contributed by atoms with Gasteiger partial charge >= 0.3 is 0 Å². The van der Waals surface area contributed by atoms with Crippen molar-refractivity contribution in [1.29, 1.82) is 0 Å². The molecule has 0 saturated carbocycles. The summed E-state index contributed by atoms with van der Waals surface area (Å²) >= 11 is 0. The fourth-order valence-electron chi connectivity index (χ4n) is 4.35. The summed E-state index contributed by atoms with van der Waals surface area (Å²) in [4.78, 5) is 0. The lowest BCUT2D eigenvalue weighted by atomic mass is 9.85. The molecule has 2 aromatic carbocycles. The zero-order valence-electron chi connectivity index (χ0n) is 15.3. The van der Waals surface area contributed by atoms with E-state index < -0.39 is 0 Å². The fourth-order valence-corrected chi connectivity index (χ4v) is 4.35. The van der Waals surface area contributed by atoms with Gasteiger partial charge in [-0.25, -0.2) is 0 Å².